The standard InChI is InChI=1S/C17H16FNO3S/c1-22-17-10-6-14(7-11-17)3-2-12-19-23(20,21)13-15-4-8-16(18)9-5-15/h4-11,19H,12-13H2,1H3. The summed E-state index contributed by atoms with van der Waals surface area (Å²) in [5.41, 5.74) is 1.28. The smallest absolute Gasteiger partial charge is 0.216 e. The molecule has 0 bridgehead atoms. The second-order valence-corrected chi connectivity index (χ2v) is 6.54. The average molecular weight is 333 g/mol. The summed E-state index contributed by atoms with van der Waals surface area (Å²) in [5.74, 6) is 5.73. The van der Waals surface area contributed by atoms with Gasteiger partial charge in [-0.1, -0.05) is 24.0 Å². The number of sulfonamides is 1. The molecule has 1 N–H and O–H groups in total. The molecule has 6 heteroatoms. The van der Waals surface area contributed by atoms with Gasteiger partial charge in [-0.3, -0.25) is 0 Å². The highest BCUT2D eigenvalue weighted by Crippen LogP contribution is 2.10. The molecule has 23 heavy (non-hydrogen) atoms. The lowest BCUT2D eigenvalue weighted by Gasteiger charge is -2.03. The van der Waals surface area contributed by atoms with E-state index in [1.54, 1.807) is 31.4 Å². The molecule has 0 aliphatic carbocycles. The first-order valence-electron chi connectivity index (χ1n) is 6.83. The summed E-state index contributed by atoms with van der Waals surface area (Å²) in [7, 11) is -1.93. The van der Waals surface area contributed by atoms with Gasteiger partial charge in [-0.15, -0.1) is 0 Å². The Labute approximate surface area is 135 Å². The van der Waals surface area contributed by atoms with E-state index in [0.29, 0.717) is 5.56 Å². The minimum absolute atomic E-state index is 0.00948. The number of ether oxygens (including phenoxy) is 1. The molecule has 2 rings (SSSR count). The zero-order valence-corrected chi connectivity index (χ0v) is 13.4. The van der Waals surface area contributed by atoms with E-state index in [1.165, 1.54) is 24.3 Å². The number of methoxy groups -OCH3 is 1. The highest BCUT2D eigenvalue weighted by Gasteiger charge is 2.10. The molecule has 0 saturated heterocycles. The zero-order valence-electron chi connectivity index (χ0n) is 12.5. The van der Waals surface area contributed by atoms with Crippen LogP contribution in [-0.2, 0) is 15.8 Å². The monoisotopic (exact) mass is 333 g/mol. The lowest BCUT2D eigenvalue weighted by atomic mass is 10.2. The van der Waals surface area contributed by atoms with Gasteiger partial charge in [0.15, 0.2) is 0 Å². The van der Waals surface area contributed by atoms with E-state index in [0.717, 1.165) is 11.3 Å². The molecule has 0 amide bonds. The number of hydrogen-bond donors (Lipinski definition) is 1. The molecule has 2 aromatic rings. The van der Waals surface area contributed by atoms with Crippen molar-refractivity contribution in [3.8, 4) is 17.6 Å². The van der Waals surface area contributed by atoms with Crippen LogP contribution in [0.25, 0.3) is 0 Å². The van der Waals surface area contributed by atoms with Gasteiger partial charge in [0.2, 0.25) is 10.0 Å². The van der Waals surface area contributed by atoms with Crippen LogP contribution in [0, 0.1) is 17.7 Å². The molecule has 0 aromatic heterocycles. The van der Waals surface area contributed by atoms with E-state index >= 15 is 0 Å². The maximum atomic E-state index is 12.8. The number of nitrogens with one attached hydrogen (secondary N) is 1. The summed E-state index contributed by atoms with van der Waals surface area (Å²) >= 11 is 0. The van der Waals surface area contributed by atoms with Gasteiger partial charge in [-0.25, -0.2) is 17.5 Å². The summed E-state index contributed by atoms with van der Waals surface area (Å²) in [5, 5.41) is 0. The predicted octanol–water partition coefficient (Wildman–Crippen LogP) is 2.31. The molecule has 120 valence electrons. The van der Waals surface area contributed by atoms with Crippen molar-refractivity contribution in [2.45, 2.75) is 5.75 Å². The minimum atomic E-state index is -3.51. The highest BCUT2D eigenvalue weighted by molar-refractivity contribution is 7.88. The van der Waals surface area contributed by atoms with Crippen LogP contribution in [0.5, 0.6) is 5.75 Å². The second kappa shape index (κ2) is 7.77. The van der Waals surface area contributed by atoms with Crippen LogP contribution in [0.4, 0.5) is 4.39 Å². The van der Waals surface area contributed by atoms with Crippen molar-refractivity contribution in [2.24, 2.45) is 0 Å². The normalized spacial score (nSPS) is 10.7. The third kappa shape index (κ3) is 5.74. The van der Waals surface area contributed by atoms with Crippen LogP contribution >= 0.6 is 0 Å². The van der Waals surface area contributed by atoms with Gasteiger partial charge in [-0.05, 0) is 42.0 Å². The van der Waals surface area contributed by atoms with Gasteiger partial charge < -0.3 is 4.74 Å². The molecule has 0 heterocycles. The molecule has 0 fully saturated rings. The predicted molar refractivity (Wildman–Crippen MR) is 86.9 cm³/mol. The van der Waals surface area contributed by atoms with Gasteiger partial charge in [0.1, 0.15) is 11.6 Å². The van der Waals surface area contributed by atoms with Crippen molar-refractivity contribution in [3.05, 3.63) is 65.5 Å². The topological polar surface area (TPSA) is 55.4 Å². The second-order valence-electron chi connectivity index (χ2n) is 4.74. The lowest BCUT2D eigenvalue weighted by molar-refractivity contribution is 0.415. The quantitative estimate of drug-likeness (QED) is 0.854. The molecule has 0 spiro atoms. The van der Waals surface area contributed by atoms with E-state index in [4.69, 9.17) is 4.74 Å². The molecular weight excluding hydrogens is 317 g/mol. The number of hydrogen-bond acceptors (Lipinski definition) is 3. The molecule has 4 nitrogen and oxygen atoms in total. The Hall–Kier alpha value is -2.36. The molecule has 0 aliphatic heterocycles. The van der Waals surface area contributed by atoms with Crippen LogP contribution in [0.1, 0.15) is 11.1 Å². The number of benzene rings is 2. The Balaban J connectivity index is 1.89. The third-order valence-electron chi connectivity index (χ3n) is 2.97. The van der Waals surface area contributed by atoms with Crippen molar-refractivity contribution in [1.29, 1.82) is 0 Å². The Kier molecular flexibility index (Phi) is 5.74. The maximum Gasteiger partial charge on any atom is 0.216 e. The first-order valence-corrected chi connectivity index (χ1v) is 8.48. The fraction of sp³-hybridized carbons (Fsp3) is 0.176. The third-order valence-corrected chi connectivity index (χ3v) is 4.27. The van der Waals surface area contributed by atoms with Crippen molar-refractivity contribution < 1.29 is 17.5 Å². The number of halogens is 1. The molecule has 0 saturated carbocycles. The van der Waals surface area contributed by atoms with Crippen molar-refractivity contribution in [2.75, 3.05) is 13.7 Å². The Morgan fingerprint density at radius 1 is 1.09 bits per heavy atom. The number of rotatable bonds is 5. The van der Waals surface area contributed by atoms with Crippen LogP contribution < -0.4 is 9.46 Å². The Morgan fingerprint density at radius 2 is 1.74 bits per heavy atom. The zero-order chi connectivity index (χ0) is 16.7. The van der Waals surface area contributed by atoms with Crippen LogP contribution in [0.2, 0.25) is 0 Å². The fourth-order valence-corrected chi connectivity index (χ4v) is 2.84. The van der Waals surface area contributed by atoms with Crippen LogP contribution in [0.15, 0.2) is 48.5 Å². The van der Waals surface area contributed by atoms with E-state index in [2.05, 4.69) is 16.6 Å². The summed E-state index contributed by atoms with van der Waals surface area (Å²) in [4.78, 5) is 0. The highest BCUT2D eigenvalue weighted by atomic mass is 32.2. The summed E-state index contributed by atoms with van der Waals surface area (Å²) < 4.78 is 44.0. The van der Waals surface area contributed by atoms with Crippen LogP contribution in [-0.4, -0.2) is 22.1 Å². The lowest BCUT2D eigenvalue weighted by Crippen LogP contribution is -2.25. The van der Waals surface area contributed by atoms with Gasteiger partial charge in [0.05, 0.1) is 19.4 Å². The van der Waals surface area contributed by atoms with Gasteiger partial charge in [-0.2, -0.15) is 0 Å². The molecule has 0 aliphatic rings. The first kappa shape index (κ1) is 17.0. The van der Waals surface area contributed by atoms with E-state index in [1.807, 2.05) is 0 Å². The summed E-state index contributed by atoms with van der Waals surface area (Å²) in [6.45, 7) is 0.00948. The molecule has 0 radical (unpaired) electrons. The SMILES string of the molecule is COc1ccc(C#CCNS(=O)(=O)Cc2ccc(F)cc2)cc1. The van der Waals surface area contributed by atoms with Crippen LogP contribution in [0.3, 0.4) is 0 Å². The van der Waals surface area contributed by atoms with E-state index < -0.39 is 15.8 Å². The summed E-state index contributed by atoms with van der Waals surface area (Å²) in [6.07, 6.45) is 0. The molecular formula is C17H16FNO3S. The Morgan fingerprint density at radius 3 is 2.35 bits per heavy atom. The summed E-state index contributed by atoms with van der Waals surface area (Å²) in [6, 6.07) is 12.5. The maximum absolute atomic E-state index is 12.8. The molecule has 0 unspecified atom stereocenters. The minimum Gasteiger partial charge on any atom is -0.497 e. The van der Waals surface area contributed by atoms with Crippen molar-refractivity contribution in [1.82, 2.24) is 4.72 Å². The van der Waals surface area contributed by atoms with E-state index in [-0.39, 0.29) is 12.3 Å². The molecule has 2 aromatic carbocycles. The molecule has 0 atom stereocenters. The Bertz CT molecular complexity index is 804. The van der Waals surface area contributed by atoms with Gasteiger partial charge in [0.25, 0.3) is 0 Å². The first-order chi connectivity index (χ1) is 11.0. The van der Waals surface area contributed by atoms with Crippen molar-refractivity contribution in [3.63, 3.8) is 0 Å². The van der Waals surface area contributed by atoms with Crippen molar-refractivity contribution >= 4 is 10.0 Å². The fourth-order valence-electron chi connectivity index (χ4n) is 1.82. The largest absolute Gasteiger partial charge is 0.497 e. The van der Waals surface area contributed by atoms with E-state index in [9.17, 15) is 12.8 Å². The van der Waals surface area contributed by atoms with Gasteiger partial charge in [0, 0.05) is 5.56 Å². The van der Waals surface area contributed by atoms with Gasteiger partial charge >= 0.3 is 0 Å². The average Bonchev–Trinajstić information content (AvgIpc) is 2.54.